The van der Waals surface area contributed by atoms with Gasteiger partial charge >= 0.3 is 0 Å². The van der Waals surface area contributed by atoms with E-state index in [4.69, 9.17) is 5.10 Å². The molecule has 0 saturated heterocycles. The van der Waals surface area contributed by atoms with Gasteiger partial charge in [0, 0.05) is 22.9 Å². The summed E-state index contributed by atoms with van der Waals surface area (Å²) in [4.78, 5) is 17.8. The van der Waals surface area contributed by atoms with Gasteiger partial charge in [0.15, 0.2) is 0 Å². The highest BCUT2D eigenvalue weighted by atomic mass is 32.2. The zero-order chi connectivity index (χ0) is 23.2. The van der Waals surface area contributed by atoms with Crippen molar-refractivity contribution in [1.29, 1.82) is 0 Å². The van der Waals surface area contributed by atoms with E-state index in [-0.39, 0.29) is 11.6 Å². The van der Waals surface area contributed by atoms with Crippen LogP contribution in [0.3, 0.4) is 0 Å². The van der Waals surface area contributed by atoms with E-state index < -0.39 is 0 Å². The highest BCUT2D eigenvalue weighted by Crippen LogP contribution is 2.45. The number of benzene rings is 2. The summed E-state index contributed by atoms with van der Waals surface area (Å²) in [7, 11) is 0. The van der Waals surface area contributed by atoms with Crippen LogP contribution in [0, 0.1) is 12.7 Å². The lowest BCUT2D eigenvalue weighted by Gasteiger charge is -2.23. The van der Waals surface area contributed by atoms with Crippen LogP contribution in [-0.2, 0) is 0 Å². The Balaban J connectivity index is 1.38. The van der Waals surface area contributed by atoms with Gasteiger partial charge in [0.05, 0.1) is 27.0 Å². The molecule has 2 aromatic heterocycles. The monoisotopic (exact) mass is 487 g/mol. The highest BCUT2D eigenvalue weighted by Gasteiger charge is 2.31. The van der Waals surface area contributed by atoms with Gasteiger partial charge in [0.25, 0.3) is 0 Å². The Kier molecular flexibility index (Phi) is 5.38. The van der Waals surface area contributed by atoms with E-state index in [2.05, 4.69) is 10.3 Å². The maximum Gasteiger partial charge on any atom is 0.201 e. The number of hydrogen-bond donors (Lipinski definition) is 0. The van der Waals surface area contributed by atoms with Gasteiger partial charge in [0.2, 0.25) is 5.78 Å². The average Bonchev–Trinajstić information content (AvgIpc) is 3.51. The predicted octanol–water partition coefficient (Wildman–Crippen LogP) is 7.16. The molecule has 2 aromatic carbocycles. The molecule has 4 aromatic rings. The van der Waals surface area contributed by atoms with Crippen molar-refractivity contribution in [2.45, 2.75) is 26.2 Å². The van der Waals surface area contributed by atoms with E-state index >= 15 is 0 Å². The Morgan fingerprint density at radius 2 is 1.85 bits per heavy atom. The molecule has 0 atom stereocenters. The van der Waals surface area contributed by atoms with Crippen molar-refractivity contribution in [2.75, 3.05) is 6.54 Å². The molecule has 6 rings (SSSR count). The largest absolute Gasteiger partial charge is 0.335 e. The third-order valence-electron chi connectivity index (χ3n) is 6.32. The molecule has 2 aliphatic rings. The lowest BCUT2D eigenvalue weighted by atomic mass is 10.0. The lowest BCUT2D eigenvalue weighted by molar-refractivity contribution is 0.103. The first kappa shape index (κ1) is 21.4. The number of rotatable bonds is 4. The van der Waals surface area contributed by atoms with E-state index in [1.165, 1.54) is 23.5 Å². The van der Waals surface area contributed by atoms with Gasteiger partial charge in [-0.25, -0.2) is 9.07 Å². The number of fused-ring (bicyclic) bond motifs is 2. The fourth-order valence-electron chi connectivity index (χ4n) is 4.59. The molecule has 2 aliphatic heterocycles. The molecule has 0 amide bonds. The second-order valence-corrected chi connectivity index (χ2v) is 10.4. The molecule has 0 aliphatic carbocycles. The van der Waals surface area contributed by atoms with Gasteiger partial charge in [-0.15, -0.1) is 11.3 Å². The first-order valence-electron chi connectivity index (χ1n) is 11.3. The molecule has 4 heterocycles. The summed E-state index contributed by atoms with van der Waals surface area (Å²) in [5.41, 5.74) is 4.79. The first-order valence-corrected chi connectivity index (χ1v) is 13.0. The maximum atomic E-state index is 13.8. The van der Waals surface area contributed by atoms with Gasteiger partial charge in [-0.05, 0) is 74.2 Å². The number of carbonyl (C=O) groups excluding carboxylic acids is 1. The summed E-state index contributed by atoms with van der Waals surface area (Å²) in [5.74, 6) is -0.144. The van der Waals surface area contributed by atoms with Crippen molar-refractivity contribution in [2.24, 2.45) is 0 Å². The van der Waals surface area contributed by atoms with E-state index in [1.54, 1.807) is 23.9 Å². The smallest absolute Gasteiger partial charge is 0.201 e. The number of thiophene rings is 1. The van der Waals surface area contributed by atoms with Crippen LogP contribution < -0.4 is 0 Å². The summed E-state index contributed by atoms with van der Waals surface area (Å²) in [6.45, 7) is 2.85. The van der Waals surface area contributed by atoms with E-state index in [0.29, 0.717) is 0 Å². The molecule has 0 saturated carbocycles. The summed E-state index contributed by atoms with van der Waals surface area (Å²) in [6.07, 6.45) is 2.74. The second-order valence-electron chi connectivity index (χ2n) is 8.51. The van der Waals surface area contributed by atoms with Crippen LogP contribution in [0.1, 0.15) is 40.2 Å². The molecule has 0 radical (unpaired) electrons. The summed E-state index contributed by atoms with van der Waals surface area (Å²) in [6, 6.07) is 18.6. The van der Waals surface area contributed by atoms with Gasteiger partial charge in [0.1, 0.15) is 10.6 Å². The summed E-state index contributed by atoms with van der Waals surface area (Å²) in [5, 5.41) is 8.83. The normalized spacial score (nSPS) is 16.1. The van der Waals surface area contributed by atoms with Crippen LogP contribution in [0.15, 0.2) is 76.7 Å². The molecule has 34 heavy (non-hydrogen) atoms. The number of Topliss-reactive ketones (excluding diaryl/α,β-unsaturated/α-hetero) is 1. The maximum absolute atomic E-state index is 13.8. The molecule has 0 unspecified atom stereocenters. The number of halogens is 1. The lowest BCUT2D eigenvalue weighted by Crippen LogP contribution is -2.19. The van der Waals surface area contributed by atoms with Crippen molar-refractivity contribution in [3.05, 3.63) is 98.6 Å². The fourth-order valence-corrected chi connectivity index (χ4v) is 6.88. The Morgan fingerprint density at radius 1 is 1.06 bits per heavy atom. The number of aromatic nitrogens is 2. The molecule has 4 nitrogen and oxygen atoms in total. The second kappa shape index (κ2) is 8.56. The predicted molar refractivity (Wildman–Crippen MR) is 138 cm³/mol. The third kappa shape index (κ3) is 3.60. The molecule has 0 N–H and O–H groups in total. The van der Waals surface area contributed by atoms with Gasteiger partial charge in [-0.2, -0.15) is 5.10 Å². The minimum atomic E-state index is -0.244. The Labute approximate surface area is 205 Å². The van der Waals surface area contributed by atoms with Crippen LogP contribution in [-0.4, -0.2) is 27.0 Å². The number of allylic oxidation sites excluding steroid dienone is 1. The van der Waals surface area contributed by atoms with Crippen LogP contribution in [0.25, 0.3) is 21.6 Å². The zero-order valence-corrected chi connectivity index (χ0v) is 20.3. The van der Waals surface area contributed by atoms with Gasteiger partial charge in [-0.1, -0.05) is 30.0 Å². The standard InChI is InChI=1S/C27H22FN3OS2/c1-17-22-15-24(34-27(22)31(29-17)20-7-3-2-4-8-20)25(32)21-9-5-6-14-30-23(16-33-26(21)30)18-10-12-19(28)13-11-18/h2-4,7-8,10-13,15-16H,5-6,9,14H2,1H3. The quantitative estimate of drug-likeness (QED) is 0.286. The SMILES string of the molecule is Cc1nn(-c2ccccc2)c2sc(C(=O)C3=C4SC=C(c5ccc(F)cc5)N4CCCC3)cc12. The molecule has 7 heteroatoms. The number of aryl methyl sites for hydroxylation is 1. The van der Waals surface area contributed by atoms with Crippen molar-refractivity contribution in [1.82, 2.24) is 14.7 Å². The molecule has 0 spiro atoms. The number of carbonyl (C=O) groups is 1. The van der Waals surface area contributed by atoms with E-state index in [1.807, 2.05) is 48.0 Å². The number of ketones is 1. The number of para-hydroxylation sites is 1. The van der Waals surface area contributed by atoms with Crippen LogP contribution >= 0.6 is 23.1 Å². The summed E-state index contributed by atoms with van der Waals surface area (Å²) >= 11 is 3.12. The zero-order valence-electron chi connectivity index (χ0n) is 18.6. The number of thioether (sulfide) groups is 1. The van der Waals surface area contributed by atoms with Gasteiger partial charge in [-0.3, -0.25) is 4.79 Å². The van der Waals surface area contributed by atoms with Crippen molar-refractivity contribution < 1.29 is 9.18 Å². The Hall–Kier alpha value is -3.16. The average molecular weight is 488 g/mol. The Morgan fingerprint density at radius 3 is 2.65 bits per heavy atom. The first-order chi connectivity index (χ1) is 16.6. The minimum absolute atomic E-state index is 0.100. The molecule has 170 valence electrons. The van der Waals surface area contributed by atoms with Crippen molar-refractivity contribution in [3.63, 3.8) is 0 Å². The van der Waals surface area contributed by atoms with Crippen LogP contribution in [0.2, 0.25) is 0 Å². The Bertz CT molecular complexity index is 1470. The number of nitrogens with zero attached hydrogens (tertiary/aromatic N) is 3. The molecule has 0 bridgehead atoms. The fraction of sp³-hybridized carbons (Fsp3) is 0.185. The molecular formula is C27H22FN3OS2. The van der Waals surface area contributed by atoms with Crippen molar-refractivity contribution in [3.8, 4) is 5.69 Å². The highest BCUT2D eigenvalue weighted by molar-refractivity contribution is 8.06. The third-order valence-corrected chi connectivity index (χ3v) is 8.46. The molecular weight excluding hydrogens is 465 g/mol. The topological polar surface area (TPSA) is 38.1 Å². The van der Waals surface area contributed by atoms with Crippen molar-refractivity contribution >= 4 is 44.8 Å². The van der Waals surface area contributed by atoms with Crippen LogP contribution in [0.5, 0.6) is 0 Å². The molecule has 0 fully saturated rings. The van der Waals surface area contributed by atoms with Gasteiger partial charge < -0.3 is 4.90 Å². The van der Waals surface area contributed by atoms with E-state index in [9.17, 15) is 9.18 Å². The number of hydrogen-bond acceptors (Lipinski definition) is 5. The van der Waals surface area contributed by atoms with Crippen LogP contribution in [0.4, 0.5) is 4.39 Å². The summed E-state index contributed by atoms with van der Waals surface area (Å²) < 4.78 is 15.4. The minimum Gasteiger partial charge on any atom is -0.335 e. The van der Waals surface area contributed by atoms with E-state index in [0.717, 1.165) is 74.1 Å².